The summed E-state index contributed by atoms with van der Waals surface area (Å²) < 4.78 is 74.4. The van der Waals surface area contributed by atoms with E-state index in [2.05, 4.69) is 31.3 Å². The number of rotatable bonds is 21. The number of aliphatic carboxylic acids is 1. The van der Waals surface area contributed by atoms with Gasteiger partial charge in [0, 0.05) is 30.5 Å². The number of carboxylic acids is 1. The molecule has 29 heteroatoms. The van der Waals surface area contributed by atoms with Gasteiger partial charge in [-0.15, -0.1) is 10.2 Å². The van der Waals surface area contributed by atoms with E-state index in [0.717, 1.165) is 42.9 Å². The molecule has 4 aromatic rings. The molecular weight excluding hydrogens is 1110 g/mol. The summed E-state index contributed by atoms with van der Waals surface area (Å²) in [6, 6.07) is 7.32. The van der Waals surface area contributed by atoms with Crippen molar-refractivity contribution < 1.29 is 102 Å². The number of nitrogens with one attached hydrogen (secondary N) is 2. The number of aliphatic hydroxyl groups excluding tert-OH is 8. The Balaban J connectivity index is 0.993. The molecule has 5 aliphatic rings. The maximum Gasteiger partial charge on any atom is 0.332 e. The molecule has 3 aliphatic heterocycles. The molecule has 2 amide bonds. The van der Waals surface area contributed by atoms with Gasteiger partial charge in [0.2, 0.25) is 11.8 Å². The Morgan fingerprint density at radius 3 is 2.11 bits per heavy atom. The van der Waals surface area contributed by atoms with E-state index in [4.69, 9.17) is 33.2 Å². The molecule has 0 spiro atoms. The van der Waals surface area contributed by atoms with Crippen LogP contribution in [0.1, 0.15) is 82.9 Å². The molecule has 2 aromatic carbocycles. The zero-order chi connectivity index (χ0) is 60.1. The SMILES string of the molecule is CC(=O)NC1C(O[C@@H](CC2CCCCC2)C(=O)O)[C@@H](O)[C@H](CO)O[C@H]1O[C@@H]1CC(C(=O)NCCO[C@H]2OC(CO)[C@@H](O)C(n3cc(-c4cc(C)c(F)c(F)c4)nn3)C2O)CC(n2cc(-c3ccccc3)nn2)[C@H]1O[C@@H]1OC(C)[C@@H](O)[C@H](O)C1O. The first-order valence-electron chi connectivity index (χ1n) is 28.2. The Hall–Kier alpha value is -5.61. The van der Waals surface area contributed by atoms with Gasteiger partial charge in [0.25, 0.3) is 0 Å². The molecular formula is C55H74F2N8O19. The minimum absolute atomic E-state index is 0.000369. The van der Waals surface area contributed by atoms with Crippen LogP contribution in [0.2, 0.25) is 0 Å². The second-order valence-corrected chi connectivity index (χ2v) is 22.3. The number of carbonyl (C=O) groups is 3. The average molecular weight is 1190 g/mol. The molecule has 2 saturated carbocycles. The molecule has 5 fully saturated rings. The van der Waals surface area contributed by atoms with Crippen LogP contribution in [-0.4, -0.2) is 224 Å². The molecule has 9 unspecified atom stereocenters. The van der Waals surface area contributed by atoms with Gasteiger partial charge >= 0.3 is 5.97 Å². The van der Waals surface area contributed by atoms with Crippen LogP contribution >= 0.6 is 0 Å². The smallest absolute Gasteiger partial charge is 0.332 e. The fourth-order valence-electron chi connectivity index (χ4n) is 11.9. The van der Waals surface area contributed by atoms with Crippen LogP contribution in [0.4, 0.5) is 8.78 Å². The zero-order valence-corrected chi connectivity index (χ0v) is 46.4. The van der Waals surface area contributed by atoms with Crippen LogP contribution in [0.3, 0.4) is 0 Å². The van der Waals surface area contributed by atoms with Crippen molar-refractivity contribution >= 4 is 17.8 Å². The number of ether oxygens (including phenoxy) is 7. The van der Waals surface area contributed by atoms with Gasteiger partial charge in [0.1, 0.15) is 84.5 Å². The molecule has 11 N–H and O–H groups in total. The van der Waals surface area contributed by atoms with Gasteiger partial charge in [-0.2, -0.15) is 0 Å². The monoisotopic (exact) mass is 1190 g/mol. The van der Waals surface area contributed by atoms with Crippen LogP contribution in [0.15, 0.2) is 54.9 Å². The molecule has 462 valence electrons. The number of hydrogen-bond acceptors (Lipinski definition) is 22. The molecule has 2 aliphatic carbocycles. The lowest BCUT2D eigenvalue weighted by Crippen LogP contribution is -2.67. The molecule has 2 aromatic heterocycles. The molecule has 84 heavy (non-hydrogen) atoms. The van der Waals surface area contributed by atoms with Gasteiger partial charge in [-0.25, -0.2) is 22.9 Å². The van der Waals surface area contributed by atoms with Crippen LogP contribution in [0.5, 0.6) is 0 Å². The standard InChI is InChI=1S/C55H74F2N8O19/c1-25-16-30(18-32(56)40(25)57)34-22-65(63-61-34)42-44(70)38(23-66)83-54(46(42)72)78-15-14-58-51(75)31-19-35(64-21-33(60-62-64)29-12-8-5-9-13-29)49(84-55-48(74)47(73)43(69)26(2)79-55)36(20-31)81-53-41(59-27(3)68)50(45(71)39(24-67)82-53)80-37(52(76)77)17-28-10-6-4-7-11-28/h5,8-9,12-13,16,18,21-22,26,28,31,35-39,41-50,53-55,66-67,69-74H,4,6-7,10-11,14-15,17,19-20,23-24H2,1-3H3,(H,58,75)(H,59,68)(H,76,77)/t26?,31?,35?,36-,37+,38?,39+,41?,42?,43-,44-,45+,46?,47+,48?,49-,50?,53-,54+,55+/m1/s1. The fourth-order valence-corrected chi connectivity index (χ4v) is 11.9. The molecule has 0 bridgehead atoms. The Labute approximate surface area is 480 Å². The van der Waals surface area contributed by atoms with E-state index in [0.29, 0.717) is 11.3 Å². The summed E-state index contributed by atoms with van der Waals surface area (Å²) in [7, 11) is 0. The third-order valence-electron chi connectivity index (χ3n) is 16.4. The highest BCUT2D eigenvalue weighted by Gasteiger charge is 2.54. The lowest BCUT2D eigenvalue weighted by molar-refractivity contribution is -0.337. The Morgan fingerprint density at radius 2 is 1.43 bits per heavy atom. The van der Waals surface area contributed by atoms with Crippen molar-refractivity contribution in [3.05, 3.63) is 72.1 Å². The van der Waals surface area contributed by atoms with E-state index >= 15 is 0 Å². The van der Waals surface area contributed by atoms with Crippen molar-refractivity contribution in [3.63, 3.8) is 0 Å². The molecule has 20 atom stereocenters. The number of amides is 2. The van der Waals surface area contributed by atoms with Crippen LogP contribution in [0, 0.1) is 30.4 Å². The van der Waals surface area contributed by atoms with Crippen molar-refractivity contribution in [1.82, 2.24) is 40.6 Å². The maximum absolute atomic E-state index is 14.7. The summed E-state index contributed by atoms with van der Waals surface area (Å²) in [6.07, 6.45) is -17.8. The Morgan fingerprint density at radius 1 is 0.762 bits per heavy atom. The molecule has 9 rings (SSSR count). The van der Waals surface area contributed by atoms with Gasteiger partial charge in [0.05, 0.1) is 50.5 Å². The maximum atomic E-state index is 14.7. The van der Waals surface area contributed by atoms with Gasteiger partial charge < -0.3 is 89.8 Å². The first-order chi connectivity index (χ1) is 40.2. The first kappa shape index (κ1) is 62.9. The van der Waals surface area contributed by atoms with E-state index in [9.17, 15) is 69.1 Å². The average Bonchev–Trinajstić information content (AvgIpc) is 2.55. The van der Waals surface area contributed by atoms with E-state index in [1.807, 2.05) is 6.07 Å². The van der Waals surface area contributed by atoms with Crippen LogP contribution in [-0.2, 0) is 47.5 Å². The summed E-state index contributed by atoms with van der Waals surface area (Å²) in [5.41, 5.74) is 1.29. The Bertz CT molecular complexity index is 2810. The predicted octanol–water partition coefficient (Wildman–Crippen LogP) is -0.456. The quantitative estimate of drug-likeness (QED) is 0.0470. The number of carbonyl (C=O) groups excluding carboxylic acids is 2. The van der Waals surface area contributed by atoms with Crippen molar-refractivity contribution in [2.45, 2.75) is 188 Å². The summed E-state index contributed by atoms with van der Waals surface area (Å²) in [6.45, 7) is 1.84. The highest BCUT2D eigenvalue weighted by Crippen LogP contribution is 2.42. The van der Waals surface area contributed by atoms with Crippen molar-refractivity contribution in [1.29, 1.82) is 0 Å². The second kappa shape index (κ2) is 27.8. The normalized spacial score (nSPS) is 34.4. The fraction of sp³-hybridized carbons (Fsp3) is 0.655. The molecule has 3 saturated heterocycles. The van der Waals surface area contributed by atoms with Crippen molar-refractivity contribution in [2.75, 3.05) is 26.4 Å². The third kappa shape index (κ3) is 14.1. The van der Waals surface area contributed by atoms with Crippen molar-refractivity contribution in [2.24, 2.45) is 11.8 Å². The number of aryl methyl sites for hydroxylation is 1. The highest BCUT2D eigenvalue weighted by molar-refractivity contribution is 5.79. The molecule has 0 radical (unpaired) electrons. The number of aliphatic hydroxyl groups is 8. The van der Waals surface area contributed by atoms with Crippen LogP contribution in [0.25, 0.3) is 22.5 Å². The van der Waals surface area contributed by atoms with Gasteiger partial charge in [-0.1, -0.05) is 72.9 Å². The summed E-state index contributed by atoms with van der Waals surface area (Å²) in [5.74, 6) is -5.82. The van der Waals surface area contributed by atoms with E-state index < -0.39 is 165 Å². The van der Waals surface area contributed by atoms with E-state index in [1.165, 1.54) is 37.7 Å². The van der Waals surface area contributed by atoms with Crippen molar-refractivity contribution in [3.8, 4) is 22.5 Å². The van der Waals surface area contributed by atoms with Gasteiger partial charge in [-0.05, 0) is 56.7 Å². The number of aromatic nitrogens is 6. The molecule has 27 nitrogen and oxygen atoms in total. The minimum atomic E-state index is -1.85. The summed E-state index contributed by atoms with van der Waals surface area (Å²) >= 11 is 0. The summed E-state index contributed by atoms with van der Waals surface area (Å²) in [5, 5.41) is 121. The number of benzene rings is 2. The van der Waals surface area contributed by atoms with E-state index in [1.54, 1.807) is 30.5 Å². The minimum Gasteiger partial charge on any atom is -0.479 e. The zero-order valence-electron chi connectivity index (χ0n) is 46.4. The summed E-state index contributed by atoms with van der Waals surface area (Å²) in [4.78, 5) is 40.6. The van der Waals surface area contributed by atoms with Gasteiger partial charge in [0.15, 0.2) is 36.6 Å². The van der Waals surface area contributed by atoms with Gasteiger partial charge in [-0.3, -0.25) is 9.59 Å². The highest BCUT2D eigenvalue weighted by atomic mass is 19.2. The largest absolute Gasteiger partial charge is 0.479 e. The Kier molecular flexibility index (Phi) is 20.8. The third-order valence-corrected chi connectivity index (χ3v) is 16.4. The predicted molar refractivity (Wildman–Crippen MR) is 282 cm³/mol. The number of halogens is 2. The van der Waals surface area contributed by atoms with Crippen LogP contribution < -0.4 is 10.6 Å². The molecule has 5 heterocycles. The lowest BCUT2D eigenvalue weighted by atomic mass is 9.80. The lowest BCUT2D eigenvalue weighted by Gasteiger charge is -2.49. The number of nitrogens with zero attached hydrogens (tertiary/aromatic N) is 6. The topological polar surface area (TPSA) is 383 Å². The second-order valence-electron chi connectivity index (χ2n) is 22.3. The van der Waals surface area contributed by atoms with E-state index in [-0.39, 0.29) is 55.2 Å². The number of hydrogen-bond donors (Lipinski definition) is 11. The number of carboxylic acid groups (broad SMARTS) is 1. The first-order valence-corrected chi connectivity index (χ1v) is 28.2.